The maximum absolute atomic E-state index is 12.4. The van der Waals surface area contributed by atoms with Crippen LogP contribution in [0.25, 0.3) is 0 Å². The van der Waals surface area contributed by atoms with E-state index >= 15 is 0 Å². The van der Waals surface area contributed by atoms with Gasteiger partial charge in [0.1, 0.15) is 11.5 Å². The third-order valence-corrected chi connectivity index (χ3v) is 6.27. The number of para-hydroxylation sites is 1. The Morgan fingerprint density at radius 3 is 2.27 bits per heavy atom. The molecular formula is C20H26N2O3S. The predicted octanol–water partition coefficient (Wildman–Crippen LogP) is 3.49. The highest BCUT2D eigenvalue weighted by molar-refractivity contribution is 7.89. The summed E-state index contributed by atoms with van der Waals surface area (Å²) >= 11 is 0. The van der Waals surface area contributed by atoms with Gasteiger partial charge < -0.3 is 9.64 Å². The molecule has 1 aliphatic rings. The van der Waals surface area contributed by atoms with E-state index in [9.17, 15) is 8.42 Å². The summed E-state index contributed by atoms with van der Waals surface area (Å²) in [6.07, 6.45) is 3.18. The molecular weight excluding hydrogens is 348 g/mol. The number of ether oxygens (including phenoxy) is 1. The fourth-order valence-electron chi connectivity index (χ4n) is 3.14. The number of sulfonamides is 1. The molecule has 6 heteroatoms. The van der Waals surface area contributed by atoms with Gasteiger partial charge in [-0.1, -0.05) is 18.2 Å². The molecule has 1 N–H and O–H groups in total. The van der Waals surface area contributed by atoms with Crippen LogP contribution in [0.4, 0.5) is 0 Å². The molecule has 0 radical (unpaired) electrons. The maximum atomic E-state index is 12.4. The monoisotopic (exact) mass is 374 g/mol. The van der Waals surface area contributed by atoms with E-state index in [1.54, 1.807) is 24.3 Å². The number of piperidine rings is 1. The number of likely N-dealkylation sites (tertiary alicyclic amines) is 1. The smallest absolute Gasteiger partial charge is 0.240 e. The number of hydrogen-bond acceptors (Lipinski definition) is 4. The molecule has 0 bridgehead atoms. The third-order valence-electron chi connectivity index (χ3n) is 4.80. The van der Waals surface area contributed by atoms with Crippen LogP contribution in [0.15, 0.2) is 59.5 Å². The first-order valence-electron chi connectivity index (χ1n) is 9.04. The SMILES string of the molecule is CN1CCC(CCNS(=O)(=O)c2ccc(Oc3ccccc3)cc2)CC1. The first-order chi connectivity index (χ1) is 12.5. The zero-order chi connectivity index (χ0) is 18.4. The van der Waals surface area contributed by atoms with E-state index in [1.807, 2.05) is 30.3 Å². The normalized spacial score (nSPS) is 16.5. The lowest BCUT2D eigenvalue weighted by Crippen LogP contribution is -2.32. The lowest BCUT2D eigenvalue weighted by atomic mass is 9.94. The van der Waals surface area contributed by atoms with E-state index in [0.29, 0.717) is 18.2 Å². The third kappa shape index (κ3) is 5.30. The molecule has 1 heterocycles. The van der Waals surface area contributed by atoms with Crippen LogP contribution < -0.4 is 9.46 Å². The van der Waals surface area contributed by atoms with E-state index < -0.39 is 10.0 Å². The molecule has 1 fully saturated rings. The van der Waals surface area contributed by atoms with E-state index in [0.717, 1.165) is 38.1 Å². The molecule has 2 aromatic carbocycles. The minimum atomic E-state index is -3.48. The molecule has 140 valence electrons. The van der Waals surface area contributed by atoms with E-state index in [4.69, 9.17) is 4.74 Å². The van der Waals surface area contributed by atoms with Crippen LogP contribution in [0, 0.1) is 5.92 Å². The van der Waals surface area contributed by atoms with Crippen LogP contribution in [0.3, 0.4) is 0 Å². The van der Waals surface area contributed by atoms with Gasteiger partial charge in [-0.05, 0) is 81.7 Å². The Labute approximate surface area is 156 Å². The second-order valence-electron chi connectivity index (χ2n) is 6.82. The van der Waals surface area contributed by atoms with Gasteiger partial charge in [-0.25, -0.2) is 13.1 Å². The predicted molar refractivity (Wildman–Crippen MR) is 103 cm³/mol. The standard InChI is InChI=1S/C20H26N2O3S/c1-22-15-12-17(13-16-22)11-14-21-26(23,24)20-9-7-19(8-10-20)25-18-5-3-2-4-6-18/h2-10,17,21H,11-16H2,1H3. The largest absolute Gasteiger partial charge is 0.457 e. The van der Waals surface area contributed by atoms with Crippen molar-refractivity contribution < 1.29 is 13.2 Å². The Balaban J connectivity index is 1.52. The van der Waals surface area contributed by atoms with Crippen LogP contribution >= 0.6 is 0 Å². The first-order valence-corrected chi connectivity index (χ1v) is 10.5. The Kier molecular flexibility index (Phi) is 6.29. The van der Waals surface area contributed by atoms with Crippen LogP contribution in [0.5, 0.6) is 11.5 Å². The molecule has 0 atom stereocenters. The van der Waals surface area contributed by atoms with Gasteiger partial charge in [0, 0.05) is 6.54 Å². The number of hydrogen-bond donors (Lipinski definition) is 1. The Hall–Kier alpha value is -1.89. The Bertz CT molecular complexity index is 784. The van der Waals surface area contributed by atoms with Crippen molar-refractivity contribution >= 4 is 10.0 Å². The number of rotatable bonds is 7. The fraction of sp³-hybridized carbons (Fsp3) is 0.400. The van der Waals surface area contributed by atoms with E-state index in [2.05, 4.69) is 16.7 Å². The molecule has 0 saturated carbocycles. The minimum Gasteiger partial charge on any atom is -0.457 e. The summed E-state index contributed by atoms with van der Waals surface area (Å²) in [4.78, 5) is 2.58. The average Bonchev–Trinajstić information content (AvgIpc) is 2.65. The lowest BCUT2D eigenvalue weighted by molar-refractivity contribution is 0.213. The second-order valence-corrected chi connectivity index (χ2v) is 8.59. The van der Waals surface area contributed by atoms with Crippen LogP contribution in [0.1, 0.15) is 19.3 Å². The van der Waals surface area contributed by atoms with Gasteiger partial charge in [0.15, 0.2) is 0 Å². The fourth-order valence-corrected chi connectivity index (χ4v) is 4.19. The zero-order valence-electron chi connectivity index (χ0n) is 15.1. The number of benzene rings is 2. The molecule has 1 saturated heterocycles. The van der Waals surface area contributed by atoms with Gasteiger partial charge in [-0.2, -0.15) is 0 Å². The topological polar surface area (TPSA) is 58.6 Å². The Morgan fingerprint density at radius 2 is 1.62 bits per heavy atom. The average molecular weight is 375 g/mol. The van der Waals surface area contributed by atoms with Crippen molar-refractivity contribution in [2.45, 2.75) is 24.2 Å². The summed E-state index contributed by atoms with van der Waals surface area (Å²) in [6.45, 7) is 2.68. The zero-order valence-corrected chi connectivity index (χ0v) is 15.9. The van der Waals surface area contributed by atoms with Crippen molar-refractivity contribution in [1.29, 1.82) is 0 Å². The van der Waals surface area contributed by atoms with E-state index in [-0.39, 0.29) is 4.90 Å². The molecule has 0 amide bonds. The van der Waals surface area contributed by atoms with Crippen molar-refractivity contribution in [3.63, 3.8) is 0 Å². The highest BCUT2D eigenvalue weighted by Crippen LogP contribution is 2.23. The molecule has 26 heavy (non-hydrogen) atoms. The summed E-state index contributed by atoms with van der Waals surface area (Å²) in [5, 5.41) is 0. The van der Waals surface area contributed by atoms with Crippen molar-refractivity contribution in [2.24, 2.45) is 5.92 Å². The van der Waals surface area contributed by atoms with Crippen LogP contribution in [-0.4, -0.2) is 40.0 Å². The quantitative estimate of drug-likeness (QED) is 0.806. The minimum absolute atomic E-state index is 0.265. The Morgan fingerprint density at radius 1 is 1.00 bits per heavy atom. The van der Waals surface area contributed by atoms with Crippen LogP contribution in [-0.2, 0) is 10.0 Å². The van der Waals surface area contributed by atoms with Crippen molar-refractivity contribution in [2.75, 3.05) is 26.7 Å². The summed E-state index contributed by atoms with van der Waals surface area (Å²) < 4.78 is 33.3. The lowest BCUT2D eigenvalue weighted by Gasteiger charge is -2.28. The van der Waals surface area contributed by atoms with Gasteiger partial charge in [0.25, 0.3) is 0 Å². The first kappa shape index (κ1) is 18.9. The molecule has 0 aliphatic carbocycles. The van der Waals surface area contributed by atoms with Crippen molar-refractivity contribution in [1.82, 2.24) is 9.62 Å². The van der Waals surface area contributed by atoms with Crippen LogP contribution in [0.2, 0.25) is 0 Å². The van der Waals surface area contributed by atoms with Gasteiger partial charge in [-0.15, -0.1) is 0 Å². The highest BCUT2D eigenvalue weighted by Gasteiger charge is 2.18. The van der Waals surface area contributed by atoms with Gasteiger partial charge in [0.2, 0.25) is 10.0 Å². The summed E-state index contributed by atoms with van der Waals surface area (Å²) in [7, 11) is -1.35. The molecule has 2 aromatic rings. The maximum Gasteiger partial charge on any atom is 0.240 e. The van der Waals surface area contributed by atoms with Gasteiger partial charge >= 0.3 is 0 Å². The number of nitrogens with zero attached hydrogens (tertiary/aromatic N) is 1. The molecule has 3 rings (SSSR count). The summed E-state index contributed by atoms with van der Waals surface area (Å²) in [6, 6.07) is 15.9. The molecule has 0 unspecified atom stereocenters. The second kappa shape index (κ2) is 8.66. The molecule has 1 aliphatic heterocycles. The van der Waals surface area contributed by atoms with Gasteiger partial charge in [-0.3, -0.25) is 0 Å². The van der Waals surface area contributed by atoms with Crippen molar-refractivity contribution in [3.8, 4) is 11.5 Å². The number of nitrogens with one attached hydrogen (secondary N) is 1. The molecule has 0 aromatic heterocycles. The van der Waals surface area contributed by atoms with E-state index in [1.165, 1.54) is 0 Å². The highest BCUT2D eigenvalue weighted by atomic mass is 32.2. The van der Waals surface area contributed by atoms with Gasteiger partial charge in [0.05, 0.1) is 4.90 Å². The van der Waals surface area contributed by atoms with Crippen molar-refractivity contribution in [3.05, 3.63) is 54.6 Å². The molecule has 0 spiro atoms. The summed E-state index contributed by atoms with van der Waals surface area (Å²) in [5.41, 5.74) is 0. The molecule has 5 nitrogen and oxygen atoms in total. The summed E-state index contributed by atoms with van der Waals surface area (Å²) in [5.74, 6) is 1.94.